The number of non-ortho nitro benzene ring substituents is 1. The van der Waals surface area contributed by atoms with Crippen LogP contribution in [0.4, 0.5) is 11.4 Å². The molecule has 2 rings (SSSR count). The van der Waals surface area contributed by atoms with Crippen LogP contribution in [0.3, 0.4) is 0 Å². The molecule has 0 saturated carbocycles. The highest BCUT2D eigenvalue weighted by Crippen LogP contribution is 2.27. The number of nitro benzene ring substituents is 1. The summed E-state index contributed by atoms with van der Waals surface area (Å²) in [6.07, 6.45) is 0. The monoisotopic (exact) mass is 320 g/mol. The topological polar surface area (TPSA) is 89.3 Å². The Kier molecular flexibility index (Phi) is 4.18. The Labute approximate surface area is 129 Å². The number of nitrogens with one attached hydrogen (secondary N) is 1. The van der Waals surface area contributed by atoms with Crippen molar-refractivity contribution in [2.24, 2.45) is 0 Å². The summed E-state index contributed by atoms with van der Waals surface area (Å²) in [6, 6.07) is 9.35. The van der Waals surface area contributed by atoms with Crippen LogP contribution >= 0.6 is 0 Å². The lowest BCUT2D eigenvalue weighted by Crippen LogP contribution is -2.15. The van der Waals surface area contributed by atoms with Gasteiger partial charge in [0.2, 0.25) is 0 Å². The van der Waals surface area contributed by atoms with Crippen LogP contribution in [0.1, 0.15) is 16.7 Å². The summed E-state index contributed by atoms with van der Waals surface area (Å²) >= 11 is 0. The van der Waals surface area contributed by atoms with Gasteiger partial charge in [0.25, 0.3) is 15.7 Å². The Morgan fingerprint density at radius 3 is 2.36 bits per heavy atom. The highest BCUT2D eigenvalue weighted by Gasteiger charge is 2.22. The van der Waals surface area contributed by atoms with Crippen LogP contribution in [0.5, 0.6) is 0 Å². The van der Waals surface area contributed by atoms with E-state index in [0.717, 1.165) is 11.6 Å². The zero-order valence-corrected chi connectivity index (χ0v) is 13.3. The van der Waals surface area contributed by atoms with Crippen LogP contribution in [-0.2, 0) is 10.0 Å². The van der Waals surface area contributed by atoms with Crippen molar-refractivity contribution in [1.29, 1.82) is 0 Å². The van der Waals surface area contributed by atoms with E-state index in [1.165, 1.54) is 6.07 Å². The Morgan fingerprint density at radius 2 is 1.77 bits per heavy atom. The zero-order chi connectivity index (χ0) is 16.5. The van der Waals surface area contributed by atoms with Gasteiger partial charge in [-0.2, -0.15) is 0 Å². The molecule has 0 fully saturated rings. The van der Waals surface area contributed by atoms with Crippen molar-refractivity contribution in [3.05, 3.63) is 63.2 Å². The number of sulfonamides is 1. The number of hydrogen-bond donors (Lipinski definition) is 1. The summed E-state index contributed by atoms with van der Waals surface area (Å²) in [4.78, 5) is 10.3. The molecule has 0 aliphatic heterocycles. The van der Waals surface area contributed by atoms with Crippen molar-refractivity contribution >= 4 is 21.4 Å². The maximum absolute atomic E-state index is 12.5. The molecule has 0 unspecified atom stereocenters. The summed E-state index contributed by atoms with van der Waals surface area (Å²) < 4.78 is 27.5. The van der Waals surface area contributed by atoms with E-state index in [4.69, 9.17) is 0 Å². The van der Waals surface area contributed by atoms with E-state index in [9.17, 15) is 18.5 Å². The fourth-order valence-electron chi connectivity index (χ4n) is 2.11. The van der Waals surface area contributed by atoms with Crippen molar-refractivity contribution in [2.45, 2.75) is 25.7 Å². The number of anilines is 1. The minimum atomic E-state index is -3.89. The van der Waals surface area contributed by atoms with Crippen molar-refractivity contribution in [3.63, 3.8) is 0 Å². The summed E-state index contributed by atoms with van der Waals surface area (Å²) in [5, 5.41) is 10.9. The highest BCUT2D eigenvalue weighted by molar-refractivity contribution is 7.92. The van der Waals surface area contributed by atoms with E-state index in [1.807, 2.05) is 13.0 Å². The van der Waals surface area contributed by atoms with E-state index in [0.29, 0.717) is 16.8 Å². The number of aryl methyl sites for hydroxylation is 2. The van der Waals surface area contributed by atoms with Crippen LogP contribution in [0.15, 0.2) is 41.3 Å². The SMILES string of the molecule is Cc1cccc(NS(=O)(=O)c2cc([N+](=O)[O-])cc(C)c2C)c1. The van der Waals surface area contributed by atoms with Crippen LogP contribution in [-0.4, -0.2) is 13.3 Å². The van der Waals surface area contributed by atoms with Gasteiger partial charge in [-0.15, -0.1) is 0 Å². The van der Waals surface area contributed by atoms with Gasteiger partial charge < -0.3 is 0 Å². The molecule has 0 spiro atoms. The van der Waals surface area contributed by atoms with Crippen molar-refractivity contribution in [1.82, 2.24) is 0 Å². The molecule has 0 bridgehead atoms. The molecule has 0 atom stereocenters. The van der Waals surface area contributed by atoms with E-state index in [-0.39, 0.29) is 10.6 Å². The van der Waals surface area contributed by atoms with Gasteiger partial charge in [-0.1, -0.05) is 12.1 Å². The second-order valence-corrected chi connectivity index (χ2v) is 6.77. The van der Waals surface area contributed by atoms with E-state index in [2.05, 4.69) is 4.72 Å². The summed E-state index contributed by atoms with van der Waals surface area (Å²) in [6.45, 7) is 5.12. The van der Waals surface area contributed by atoms with Crippen LogP contribution in [0.2, 0.25) is 0 Å². The van der Waals surface area contributed by atoms with Gasteiger partial charge in [-0.3, -0.25) is 14.8 Å². The molecule has 22 heavy (non-hydrogen) atoms. The van der Waals surface area contributed by atoms with Gasteiger partial charge in [0.1, 0.15) is 0 Å². The van der Waals surface area contributed by atoms with E-state index >= 15 is 0 Å². The van der Waals surface area contributed by atoms with Gasteiger partial charge >= 0.3 is 0 Å². The molecule has 0 aliphatic carbocycles. The van der Waals surface area contributed by atoms with Crippen LogP contribution < -0.4 is 4.72 Å². The quantitative estimate of drug-likeness (QED) is 0.691. The highest BCUT2D eigenvalue weighted by atomic mass is 32.2. The first-order valence-electron chi connectivity index (χ1n) is 6.56. The lowest BCUT2D eigenvalue weighted by atomic mass is 10.1. The molecule has 7 heteroatoms. The Morgan fingerprint density at radius 1 is 1.09 bits per heavy atom. The molecule has 0 saturated heterocycles. The summed E-state index contributed by atoms with van der Waals surface area (Å²) in [5.74, 6) is 0. The molecule has 2 aromatic rings. The second kappa shape index (κ2) is 5.76. The molecule has 0 amide bonds. The normalized spacial score (nSPS) is 11.2. The van der Waals surface area contributed by atoms with Gasteiger partial charge in [-0.05, 0) is 49.6 Å². The molecule has 0 aliphatic rings. The maximum atomic E-state index is 12.5. The third kappa shape index (κ3) is 3.25. The first-order chi connectivity index (χ1) is 10.2. The first-order valence-corrected chi connectivity index (χ1v) is 8.04. The molecule has 2 aromatic carbocycles. The van der Waals surface area contributed by atoms with Crippen LogP contribution in [0, 0.1) is 30.9 Å². The largest absolute Gasteiger partial charge is 0.280 e. The van der Waals surface area contributed by atoms with Crippen molar-refractivity contribution in [2.75, 3.05) is 4.72 Å². The van der Waals surface area contributed by atoms with Crippen LogP contribution in [0.25, 0.3) is 0 Å². The fourth-order valence-corrected chi connectivity index (χ4v) is 3.50. The lowest BCUT2D eigenvalue weighted by molar-refractivity contribution is -0.385. The van der Waals surface area contributed by atoms with Gasteiger partial charge in [-0.25, -0.2) is 8.42 Å². The number of nitro groups is 1. The molecule has 0 aromatic heterocycles. The molecule has 116 valence electrons. The zero-order valence-electron chi connectivity index (χ0n) is 12.5. The third-order valence-electron chi connectivity index (χ3n) is 3.38. The average molecular weight is 320 g/mol. The Hall–Kier alpha value is -2.41. The second-order valence-electron chi connectivity index (χ2n) is 5.12. The lowest BCUT2D eigenvalue weighted by Gasteiger charge is -2.12. The molecule has 1 N–H and O–H groups in total. The average Bonchev–Trinajstić information content (AvgIpc) is 2.40. The first kappa shape index (κ1) is 16.0. The molecule has 0 heterocycles. The minimum Gasteiger partial charge on any atom is -0.280 e. The van der Waals surface area contributed by atoms with Gasteiger partial charge in [0, 0.05) is 17.8 Å². The minimum absolute atomic E-state index is 0.0827. The number of nitrogens with zero attached hydrogens (tertiary/aromatic N) is 1. The van der Waals surface area contributed by atoms with Crippen molar-refractivity contribution in [3.8, 4) is 0 Å². The number of rotatable bonds is 4. The number of hydrogen-bond acceptors (Lipinski definition) is 4. The molecular formula is C15H16N2O4S. The smallest absolute Gasteiger partial charge is 0.271 e. The predicted octanol–water partition coefficient (Wildman–Crippen LogP) is 3.32. The number of benzene rings is 2. The predicted molar refractivity (Wildman–Crippen MR) is 84.6 cm³/mol. The van der Waals surface area contributed by atoms with Gasteiger partial charge in [0.05, 0.1) is 9.82 Å². The third-order valence-corrected chi connectivity index (χ3v) is 4.88. The summed E-state index contributed by atoms with van der Waals surface area (Å²) in [7, 11) is -3.89. The standard InChI is InChI=1S/C15H16N2O4S/c1-10-5-4-6-13(7-10)16-22(20,21)15-9-14(17(18)19)8-11(2)12(15)3/h4-9,16H,1-3H3. The van der Waals surface area contributed by atoms with Crippen molar-refractivity contribution < 1.29 is 13.3 Å². The summed E-state index contributed by atoms with van der Waals surface area (Å²) in [5.41, 5.74) is 2.13. The Bertz CT molecular complexity index is 845. The van der Waals surface area contributed by atoms with E-state index in [1.54, 1.807) is 32.0 Å². The molecular weight excluding hydrogens is 304 g/mol. The molecule has 0 radical (unpaired) electrons. The van der Waals surface area contributed by atoms with Gasteiger partial charge in [0.15, 0.2) is 0 Å². The fraction of sp³-hybridized carbons (Fsp3) is 0.200. The molecule has 6 nitrogen and oxygen atoms in total. The maximum Gasteiger partial charge on any atom is 0.271 e. The van der Waals surface area contributed by atoms with E-state index < -0.39 is 14.9 Å². The Balaban J connectivity index is 2.51.